The fraction of sp³-hybridized carbons (Fsp3) is 0.400. The number of hydrogen-bond acceptors (Lipinski definition) is 6. The topological polar surface area (TPSA) is 101 Å². The zero-order valence-corrected chi connectivity index (χ0v) is 18.3. The molecule has 6 nitrogen and oxygen atoms in total. The van der Waals surface area contributed by atoms with E-state index < -0.39 is 23.5 Å². The van der Waals surface area contributed by atoms with Crippen molar-refractivity contribution in [2.24, 2.45) is 0 Å². The third kappa shape index (κ3) is 5.58. The molecule has 0 radical (unpaired) electrons. The fourth-order valence-corrected chi connectivity index (χ4v) is 3.73. The number of phenolic OH excluding ortho intramolecular Hbond substituents is 1. The Hall–Kier alpha value is -2.99. The first-order valence-corrected chi connectivity index (χ1v) is 10.4. The number of carbonyl (C=O) groups is 3. The first kappa shape index (κ1) is 24.3. The lowest BCUT2D eigenvalue weighted by molar-refractivity contribution is -0.148. The van der Waals surface area contributed by atoms with Gasteiger partial charge in [0.25, 0.3) is 0 Å². The maximum absolute atomic E-state index is 12.9. The Morgan fingerprint density at radius 3 is 2.61 bits per heavy atom. The molecule has 31 heavy (non-hydrogen) atoms. The molecule has 0 aliphatic heterocycles. The number of phenols is 1. The Morgan fingerprint density at radius 2 is 2.00 bits per heavy atom. The second-order valence-corrected chi connectivity index (χ2v) is 8.11. The highest BCUT2D eigenvalue weighted by atomic mass is 16.5. The van der Waals surface area contributed by atoms with Gasteiger partial charge in [0.1, 0.15) is 17.5 Å². The van der Waals surface area contributed by atoms with Crippen LogP contribution in [-0.2, 0) is 15.1 Å². The summed E-state index contributed by atoms with van der Waals surface area (Å²) in [6, 6.07) is 2.60. The Morgan fingerprint density at radius 1 is 1.29 bits per heavy atom. The third-order valence-electron chi connectivity index (χ3n) is 5.32. The molecule has 0 saturated carbocycles. The number of ketones is 1. The smallest absolute Gasteiger partial charge is 0.306 e. The number of hydrogen-bond donors (Lipinski definition) is 2. The lowest BCUT2D eigenvalue weighted by atomic mass is 9.74. The minimum Gasteiger partial charge on any atom is -0.508 e. The number of carbonyl (C=O) groups excluding carboxylic acids is 3. The second kappa shape index (κ2) is 10.4. The van der Waals surface area contributed by atoms with Gasteiger partial charge in [-0.2, -0.15) is 0 Å². The summed E-state index contributed by atoms with van der Waals surface area (Å²) in [7, 11) is 0. The van der Waals surface area contributed by atoms with Crippen LogP contribution < -0.4 is 0 Å². The van der Waals surface area contributed by atoms with E-state index in [9.17, 15) is 24.6 Å². The standard InChI is InChI=1S/C25H30O6/c1-5-6-7-8-9-22(29)31-21(13-10-16(2)3)18-14-20(28)23-17(15-26)11-12-19(27)24(23)25(18,4)30/h5,10-12,14-15,21,27,30H,1,6-9,13H2,2-4H3. The van der Waals surface area contributed by atoms with Gasteiger partial charge in [0, 0.05) is 35.1 Å². The fourth-order valence-electron chi connectivity index (χ4n) is 3.73. The number of unbranched alkanes of at least 4 members (excludes halogenated alkanes) is 2. The van der Waals surface area contributed by atoms with Crippen molar-refractivity contribution in [2.75, 3.05) is 0 Å². The molecular formula is C25H30O6. The van der Waals surface area contributed by atoms with Gasteiger partial charge in [-0.3, -0.25) is 14.4 Å². The van der Waals surface area contributed by atoms with Crippen molar-refractivity contribution in [3.8, 4) is 5.75 Å². The maximum Gasteiger partial charge on any atom is 0.306 e. The van der Waals surface area contributed by atoms with Crippen LogP contribution in [0.1, 0.15) is 79.2 Å². The van der Waals surface area contributed by atoms with Gasteiger partial charge in [0.05, 0.1) is 0 Å². The van der Waals surface area contributed by atoms with E-state index in [1.165, 1.54) is 25.1 Å². The highest BCUT2D eigenvalue weighted by Gasteiger charge is 2.43. The number of esters is 1. The molecule has 0 aromatic heterocycles. The molecule has 0 fully saturated rings. The van der Waals surface area contributed by atoms with Gasteiger partial charge in [0.2, 0.25) is 0 Å². The summed E-state index contributed by atoms with van der Waals surface area (Å²) < 4.78 is 5.67. The molecule has 2 N–H and O–H groups in total. The average Bonchev–Trinajstić information content (AvgIpc) is 2.71. The lowest BCUT2D eigenvalue weighted by Crippen LogP contribution is -2.38. The Kier molecular flexibility index (Phi) is 8.11. The number of aromatic hydroxyl groups is 1. The van der Waals surface area contributed by atoms with Crippen LogP contribution in [0.15, 0.2) is 48.1 Å². The predicted molar refractivity (Wildman–Crippen MR) is 118 cm³/mol. The Bertz CT molecular complexity index is 932. The molecule has 1 aromatic rings. The number of aldehydes is 1. The van der Waals surface area contributed by atoms with Crippen LogP contribution in [-0.4, -0.2) is 34.4 Å². The highest BCUT2D eigenvalue weighted by Crippen LogP contribution is 2.44. The summed E-state index contributed by atoms with van der Waals surface area (Å²) in [6.07, 6.45) is 7.19. The largest absolute Gasteiger partial charge is 0.508 e. The normalized spacial score (nSPS) is 18.5. The molecule has 0 saturated heterocycles. The molecule has 1 aliphatic carbocycles. The van der Waals surface area contributed by atoms with Gasteiger partial charge in [-0.25, -0.2) is 0 Å². The summed E-state index contributed by atoms with van der Waals surface area (Å²) in [4.78, 5) is 36.7. The molecule has 166 valence electrons. The molecule has 0 heterocycles. The lowest BCUT2D eigenvalue weighted by Gasteiger charge is -2.36. The first-order chi connectivity index (χ1) is 14.6. The Balaban J connectivity index is 2.43. The molecule has 2 rings (SSSR count). The number of ether oxygens (including phenoxy) is 1. The molecule has 6 heteroatoms. The van der Waals surface area contributed by atoms with Crippen LogP contribution >= 0.6 is 0 Å². The molecule has 0 amide bonds. The van der Waals surface area contributed by atoms with Gasteiger partial charge in [0.15, 0.2) is 12.1 Å². The molecule has 1 aliphatic rings. The van der Waals surface area contributed by atoms with E-state index in [4.69, 9.17) is 4.74 Å². The average molecular weight is 427 g/mol. The van der Waals surface area contributed by atoms with E-state index in [-0.39, 0.29) is 40.9 Å². The zero-order chi connectivity index (χ0) is 23.2. The predicted octanol–water partition coefficient (Wildman–Crippen LogP) is 4.55. The van der Waals surface area contributed by atoms with E-state index in [1.807, 2.05) is 19.9 Å². The third-order valence-corrected chi connectivity index (χ3v) is 5.32. The minimum absolute atomic E-state index is 0.0412. The molecule has 2 atom stereocenters. The van der Waals surface area contributed by atoms with E-state index in [0.29, 0.717) is 12.7 Å². The molecule has 0 bridgehead atoms. The van der Waals surface area contributed by atoms with Gasteiger partial charge < -0.3 is 14.9 Å². The minimum atomic E-state index is -1.81. The van der Waals surface area contributed by atoms with E-state index >= 15 is 0 Å². The van der Waals surface area contributed by atoms with Crippen molar-refractivity contribution >= 4 is 18.0 Å². The SMILES string of the molecule is C=CCCCCC(=O)OC(CC=C(C)C)C1=CC(=O)c2c(C=O)ccc(O)c2C1(C)O. The van der Waals surface area contributed by atoms with Crippen LogP contribution in [0.4, 0.5) is 0 Å². The van der Waals surface area contributed by atoms with Gasteiger partial charge in [-0.15, -0.1) is 6.58 Å². The monoisotopic (exact) mass is 426 g/mol. The molecular weight excluding hydrogens is 396 g/mol. The van der Waals surface area contributed by atoms with Gasteiger partial charge in [-0.1, -0.05) is 17.7 Å². The van der Waals surface area contributed by atoms with Crippen LogP contribution in [0.2, 0.25) is 0 Å². The number of fused-ring (bicyclic) bond motifs is 1. The van der Waals surface area contributed by atoms with Crippen molar-refractivity contribution in [2.45, 2.75) is 64.6 Å². The second-order valence-electron chi connectivity index (χ2n) is 8.11. The van der Waals surface area contributed by atoms with Gasteiger partial charge in [-0.05, 0) is 58.2 Å². The van der Waals surface area contributed by atoms with Gasteiger partial charge >= 0.3 is 5.97 Å². The number of rotatable bonds is 10. The van der Waals surface area contributed by atoms with Crippen LogP contribution in [0.3, 0.4) is 0 Å². The van der Waals surface area contributed by atoms with Crippen molar-refractivity contribution in [3.63, 3.8) is 0 Å². The quantitative estimate of drug-likeness (QED) is 0.246. The first-order valence-electron chi connectivity index (χ1n) is 10.4. The molecule has 2 unspecified atom stereocenters. The number of benzene rings is 1. The number of allylic oxidation sites excluding steroid dienone is 3. The summed E-state index contributed by atoms with van der Waals surface area (Å²) in [5.41, 5.74) is -0.672. The molecule has 1 aromatic carbocycles. The Labute approximate surface area is 182 Å². The number of aliphatic hydroxyl groups is 1. The van der Waals surface area contributed by atoms with Crippen molar-refractivity contribution in [3.05, 3.63) is 64.8 Å². The van der Waals surface area contributed by atoms with E-state index in [2.05, 4.69) is 6.58 Å². The summed E-state index contributed by atoms with van der Waals surface area (Å²) in [6.45, 7) is 8.87. The summed E-state index contributed by atoms with van der Waals surface area (Å²) >= 11 is 0. The zero-order valence-electron chi connectivity index (χ0n) is 18.3. The highest BCUT2D eigenvalue weighted by molar-refractivity contribution is 6.12. The van der Waals surface area contributed by atoms with Crippen molar-refractivity contribution in [1.82, 2.24) is 0 Å². The maximum atomic E-state index is 12.9. The van der Waals surface area contributed by atoms with Crippen molar-refractivity contribution in [1.29, 1.82) is 0 Å². The van der Waals surface area contributed by atoms with Crippen LogP contribution in [0.5, 0.6) is 5.75 Å². The summed E-state index contributed by atoms with van der Waals surface area (Å²) in [5.74, 6) is -1.27. The summed E-state index contributed by atoms with van der Waals surface area (Å²) in [5, 5.41) is 21.8. The van der Waals surface area contributed by atoms with E-state index in [0.717, 1.165) is 18.4 Å². The van der Waals surface area contributed by atoms with Crippen LogP contribution in [0, 0.1) is 0 Å². The molecule has 0 spiro atoms. The van der Waals surface area contributed by atoms with E-state index in [1.54, 1.807) is 6.08 Å². The van der Waals surface area contributed by atoms with Crippen molar-refractivity contribution < 1.29 is 29.3 Å². The van der Waals surface area contributed by atoms with Crippen LogP contribution in [0.25, 0.3) is 0 Å².